The molecule has 1 fully saturated rings. The fourth-order valence-electron chi connectivity index (χ4n) is 2.40. The molecule has 1 aliphatic rings. The van der Waals surface area contributed by atoms with Crippen molar-refractivity contribution in [1.82, 2.24) is 15.5 Å². The van der Waals surface area contributed by atoms with E-state index < -0.39 is 0 Å². The topological polar surface area (TPSA) is 69.8 Å². The van der Waals surface area contributed by atoms with E-state index in [1.807, 2.05) is 26.0 Å². The molecule has 1 atom stereocenters. The summed E-state index contributed by atoms with van der Waals surface area (Å²) >= 11 is 0. The van der Waals surface area contributed by atoms with Crippen LogP contribution in [0, 0.1) is 18.8 Å². The Morgan fingerprint density at radius 3 is 2.85 bits per heavy atom. The van der Waals surface area contributed by atoms with Crippen LogP contribution in [0.2, 0.25) is 0 Å². The SMILES string of the molecule is Cc1ccc(NC(=O)C(C)C2CNC2)c2[nH]ncc12.Cl. The Hall–Kier alpha value is -1.59. The first-order chi connectivity index (χ1) is 9.16. The number of carbonyl (C=O) groups is 1. The summed E-state index contributed by atoms with van der Waals surface area (Å²) in [5.41, 5.74) is 2.85. The number of rotatable bonds is 3. The molecule has 1 aromatic carbocycles. The quantitative estimate of drug-likeness (QED) is 0.812. The fraction of sp³-hybridized carbons (Fsp3) is 0.429. The molecule has 1 unspecified atom stereocenters. The van der Waals surface area contributed by atoms with Gasteiger partial charge in [0.05, 0.1) is 17.4 Å². The van der Waals surface area contributed by atoms with Crippen LogP contribution in [0.5, 0.6) is 0 Å². The molecule has 2 heterocycles. The van der Waals surface area contributed by atoms with Gasteiger partial charge in [0.1, 0.15) is 0 Å². The molecule has 0 aliphatic carbocycles. The standard InChI is InChI=1S/C14H18N4O.ClH/c1-8-3-4-12(13-11(8)7-16-18-13)17-14(19)9(2)10-5-15-6-10;/h3-4,7,9-10,15H,5-6H2,1-2H3,(H,16,18)(H,17,19);1H. The summed E-state index contributed by atoms with van der Waals surface area (Å²) in [5.74, 6) is 0.550. The zero-order valence-electron chi connectivity index (χ0n) is 11.6. The largest absolute Gasteiger partial charge is 0.324 e. The predicted molar refractivity (Wildman–Crippen MR) is 82.2 cm³/mol. The molecule has 0 saturated carbocycles. The van der Waals surface area contributed by atoms with E-state index in [0.29, 0.717) is 5.92 Å². The van der Waals surface area contributed by atoms with Gasteiger partial charge in [-0.25, -0.2) is 0 Å². The van der Waals surface area contributed by atoms with Gasteiger partial charge in [-0.15, -0.1) is 12.4 Å². The van der Waals surface area contributed by atoms with E-state index in [-0.39, 0.29) is 24.2 Å². The Morgan fingerprint density at radius 2 is 2.20 bits per heavy atom. The highest BCUT2D eigenvalue weighted by atomic mass is 35.5. The maximum atomic E-state index is 12.2. The van der Waals surface area contributed by atoms with Crippen molar-refractivity contribution < 1.29 is 4.79 Å². The second-order valence-corrected chi connectivity index (χ2v) is 5.28. The van der Waals surface area contributed by atoms with Crippen molar-refractivity contribution in [3.05, 3.63) is 23.9 Å². The molecule has 5 nitrogen and oxygen atoms in total. The summed E-state index contributed by atoms with van der Waals surface area (Å²) in [4.78, 5) is 12.2. The number of benzene rings is 1. The highest BCUT2D eigenvalue weighted by Crippen LogP contribution is 2.25. The number of aryl methyl sites for hydroxylation is 1. The van der Waals surface area contributed by atoms with Crippen LogP contribution in [0.1, 0.15) is 12.5 Å². The number of hydrogen-bond acceptors (Lipinski definition) is 3. The first-order valence-electron chi connectivity index (χ1n) is 6.61. The molecule has 0 bridgehead atoms. The summed E-state index contributed by atoms with van der Waals surface area (Å²) in [6, 6.07) is 3.93. The van der Waals surface area contributed by atoms with Crippen molar-refractivity contribution in [1.29, 1.82) is 0 Å². The Balaban J connectivity index is 0.00000147. The van der Waals surface area contributed by atoms with E-state index in [4.69, 9.17) is 0 Å². The lowest BCUT2D eigenvalue weighted by molar-refractivity contribution is -0.121. The Labute approximate surface area is 123 Å². The van der Waals surface area contributed by atoms with Crippen LogP contribution in [0.25, 0.3) is 10.9 Å². The normalized spacial score (nSPS) is 16.3. The molecule has 2 aromatic rings. The number of nitrogens with one attached hydrogen (secondary N) is 3. The third kappa shape index (κ3) is 2.51. The Kier molecular flexibility index (Phi) is 4.30. The fourth-order valence-corrected chi connectivity index (χ4v) is 2.40. The predicted octanol–water partition coefficient (Wildman–Crippen LogP) is 2.09. The molecule has 1 saturated heterocycles. The van der Waals surface area contributed by atoms with Gasteiger partial charge in [0.25, 0.3) is 0 Å². The lowest BCUT2D eigenvalue weighted by Gasteiger charge is -2.31. The van der Waals surface area contributed by atoms with Crippen LogP contribution in [-0.4, -0.2) is 29.2 Å². The number of aromatic amines is 1. The van der Waals surface area contributed by atoms with Gasteiger partial charge < -0.3 is 10.6 Å². The average molecular weight is 295 g/mol. The molecule has 0 radical (unpaired) electrons. The summed E-state index contributed by atoms with van der Waals surface area (Å²) < 4.78 is 0. The van der Waals surface area contributed by atoms with Crippen molar-refractivity contribution in [3.63, 3.8) is 0 Å². The zero-order chi connectivity index (χ0) is 13.4. The first-order valence-corrected chi connectivity index (χ1v) is 6.61. The number of amides is 1. The van der Waals surface area contributed by atoms with Crippen LogP contribution >= 0.6 is 12.4 Å². The second-order valence-electron chi connectivity index (χ2n) is 5.28. The average Bonchev–Trinajstić information content (AvgIpc) is 2.80. The molecular weight excluding hydrogens is 276 g/mol. The number of anilines is 1. The van der Waals surface area contributed by atoms with Crippen LogP contribution in [0.4, 0.5) is 5.69 Å². The molecule has 1 aromatic heterocycles. The molecule has 3 rings (SSSR count). The zero-order valence-corrected chi connectivity index (χ0v) is 12.4. The number of carbonyl (C=O) groups excluding carboxylic acids is 1. The van der Waals surface area contributed by atoms with Gasteiger partial charge >= 0.3 is 0 Å². The van der Waals surface area contributed by atoms with E-state index in [2.05, 4.69) is 20.8 Å². The van der Waals surface area contributed by atoms with Crippen molar-refractivity contribution in [3.8, 4) is 0 Å². The Morgan fingerprint density at radius 1 is 1.45 bits per heavy atom. The molecule has 108 valence electrons. The number of fused-ring (bicyclic) bond motifs is 1. The number of nitrogens with zero attached hydrogens (tertiary/aromatic N) is 1. The number of H-pyrrole nitrogens is 1. The van der Waals surface area contributed by atoms with E-state index in [1.54, 1.807) is 6.20 Å². The highest BCUT2D eigenvalue weighted by molar-refractivity contribution is 6.01. The lowest BCUT2D eigenvalue weighted by atomic mass is 9.88. The maximum absolute atomic E-state index is 12.2. The van der Waals surface area contributed by atoms with Crippen LogP contribution in [0.3, 0.4) is 0 Å². The third-order valence-electron chi connectivity index (χ3n) is 4.03. The smallest absolute Gasteiger partial charge is 0.227 e. The molecule has 20 heavy (non-hydrogen) atoms. The summed E-state index contributed by atoms with van der Waals surface area (Å²) in [5, 5.41) is 14.3. The molecule has 0 spiro atoms. The van der Waals surface area contributed by atoms with Gasteiger partial charge in [0.15, 0.2) is 0 Å². The third-order valence-corrected chi connectivity index (χ3v) is 4.03. The molecule has 1 amide bonds. The first kappa shape index (κ1) is 14.8. The van der Waals surface area contributed by atoms with Gasteiger partial charge in [0.2, 0.25) is 5.91 Å². The summed E-state index contributed by atoms with van der Waals surface area (Å²) in [6.45, 7) is 5.88. The van der Waals surface area contributed by atoms with Crippen molar-refractivity contribution in [2.75, 3.05) is 18.4 Å². The van der Waals surface area contributed by atoms with Gasteiger partial charge in [-0.3, -0.25) is 9.89 Å². The van der Waals surface area contributed by atoms with Crippen LogP contribution in [-0.2, 0) is 4.79 Å². The Bertz CT molecular complexity index is 621. The van der Waals surface area contributed by atoms with E-state index >= 15 is 0 Å². The van der Waals surface area contributed by atoms with Crippen LogP contribution < -0.4 is 10.6 Å². The van der Waals surface area contributed by atoms with Crippen molar-refractivity contribution in [2.45, 2.75) is 13.8 Å². The summed E-state index contributed by atoms with van der Waals surface area (Å²) in [7, 11) is 0. The van der Waals surface area contributed by atoms with Gasteiger partial charge in [-0.1, -0.05) is 13.0 Å². The highest BCUT2D eigenvalue weighted by Gasteiger charge is 2.28. The second kappa shape index (κ2) is 5.81. The van der Waals surface area contributed by atoms with E-state index in [0.717, 1.165) is 35.2 Å². The molecule has 6 heteroatoms. The van der Waals surface area contributed by atoms with Crippen molar-refractivity contribution in [2.24, 2.45) is 11.8 Å². The monoisotopic (exact) mass is 294 g/mol. The minimum absolute atomic E-state index is 0. The maximum Gasteiger partial charge on any atom is 0.227 e. The molecule has 1 aliphatic heterocycles. The molecular formula is C14H19ClN4O. The minimum Gasteiger partial charge on any atom is -0.324 e. The van der Waals surface area contributed by atoms with E-state index in [1.165, 1.54) is 0 Å². The lowest BCUT2D eigenvalue weighted by Crippen LogP contribution is -2.48. The van der Waals surface area contributed by atoms with Gasteiger partial charge in [0, 0.05) is 11.3 Å². The summed E-state index contributed by atoms with van der Waals surface area (Å²) in [6.07, 6.45) is 1.79. The van der Waals surface area contributed by atoms with Gasteiger partial charge in [-0.05, 0) is 37.6 Å². The van der Waals surface area contributed by atoms with Crippen molar-refractivity contribution >= 4 is 34.9 Å². The number of hydrogen-bond donors (Lipinski definition) is 3. The minimum atomic E-state index is 0. The number of aromatic nitrogens is 2. The van der Waals surface area contributed by atoms with E-state index in [9.17, 15) is 4.79 Å². The van der Waals surface area contributed by atoms with Crippen LogP contribution in [0.15, 0.2) is 18.3 Å². The van der Waals surface area contributed by atoms with Gasteiger partial charge in [-0.2, -0.15) is 5.10 Å². The molecule has 3 N–H and O–H groups in total. The number of halogens is 1.